The normalized spacial score (nSPS) is 25.1. The summed E-state index contributed by atoms with van der Waals surface area (Å²) in [6.07, 6.45) is 8.82. The highest BCUT2D eigenvalue weighted by Crippen LogP contribution is 2.44. The van der Waals surface area contributed by atoms with Gasteiger partial charge in [-0.2, -0.15) is 0 Å². The van der Waals surface area contributed by atoms with Crippen LogP contribution in [0.15, 0.2) is 24.5 Å². The third kappa shape index (κ3) is 2.04. The zero-order valence-corrected chi connectivity index (χ0v) is 11.2. The summed E-state index contributed by atoms with van der Waals surface area (Å²) in [5, 5.41) is 0. The zero-order valence-electron chi connectivity index (χ0n) is 11.2. The number of nitrogens with two attached hydrogens (primary N) is 1. The van der Waals surface area contributed by atoms with Gasteiger partial charge in [-0.1, -0.05) is 12.5 Å². The van der Waals surface area contributed by atoms with Crippen molar-refractivity contribution in [3.63, 3.8) is 0 Å². The molecule has 4 nitrogen and oxygen atoms in total. The van der Waals surface area contributed by atoms with E-state index in [1.54, 1.807) is 6.20 Å². The highest BCUT2D eigenvalue weighted by molar-refractivity contribution is 5.84. The maximum Gasteiger partial charge on any atom is 0.230 e. The van der Waals surface area contributed by atoms with Crippen LogP contribution in [-0.2, 0) is 4.79 Å². The molecule has 0 spiro atoms. The predicted molar refractivity (Wildman–Crippen MR) is 73.3 cm³/mol. The van der Waals surface area contributed by atoms with Gasteiger partial charge < -0.3 is 10.6 Å². The van der Waals surface area contributed by atoms with Gasteiger partial charge in [0.15, 0.2) is 0 Å². The molecule has 19 heavy (non-hydrogen) atoms. The Hall–Kier alpha value is -1.42. The molecule has 0 bridgehead atoms. The SMILES string of the molecule is NCC1(C(=O)N2CCCC2c2cccnc2)CCC1. The van der Waals surface area contributed by atoms with Gasteiger partial charge in [0.1, 0.15) is 0 Å². The minimum Gasteiger partial charge on any atom is -0.335 e. The lowest BCUT2D eigenvalue weighted by atomic mass is 9.67. The first-order valence-electron chi connectivity index (χ1n) is 7.18. The predicted octanol–water partition coefficient (Wildman–Crippen LogP) is 1.87. The van der Waals surface area contributed by atoms with Crippen molar-refractivity contribution in [3.8, 4) is 0 Å². The number of hydrogen-bond acceptors (Lipinski definition) is 3. The van der Waals surface area contributed by atoms with E-state index in [9.17, 15) is 4.79 Å². The largest absolute Gasteiger partial charge is 0.335 e. The minimum absolute atomic E-state index is 0.199. The van der Waals surface area contributed by atoms with Crippen molar-refractivity contribution in [1.29, 1.82) is 0 Å². The number of amides is 1. The smallest absolute Gasteiger partial charge is 0.230 e. The molecule has 1 aliphatic carbocycles. The van der Waals surface area contributed by atoms with Gasteiger partial charge in [-0.25, -0.2) is 0 Å². The Kier molecular flexibility index (Phi) is 3.27. The van der Waals surface area contributed by atoms with E-state index in [1.165, 1.54) is 0 Å². The second kappa shape index (κ2) is 4.93. The quantitative estimate of drug-likeness (QED) is 0.901. The molecule has 1 aromatic rings. The Labute approximate surface area is 114 Å². The van der Waals surface area contributed by atoms with E-state index >= 15 is 0 Å². The Balaban J connectivity index is 1.82. The number of pyridine rings is 1. The molecule has 4 heteroatoms. The lowest BCUT2D eigenvalue weighted by Crippen LogP contribution is -2.51. The van der Waals surface area contributed by atoms with Gasteiger partial charge in [-0.05, 0) is 37.3 Å². The second-order valence-corrected chi connectivity index (χ2v) is 5.78. The average molecular weight is 259 g/mol. The van der Waals surface area contributed by atoms with Crippen LogP contribution < -0.4 is 5.73 Å². The van der Waals surface area contributed by atoms with Crippen LogP contribution in [0.1, 0.15) is 43.7 Å². The number of likely N-dealkylation sites (tertiary alicyclic amines) is 1. The van der Waals surface area contributed by atoms with Crippen LogP contribution in [-0.4, -0.2) is 28.9 Å². The first-order chi connectivity index (χ1) is 9.27. The standard InChI is InChI=1S/C15H21N3O/c16-11-15(6-3-7-15)14(19)18-9-2-5-13(18)12-4-1-8-17-10-12/h1,4,8,10,13H,2-3,5-7,9,11,16H2. The highest BCUT2D eigenvalue weighted by Gasteiger charge is 2.47. The van der Waals surface area contributed by atoms with Gasteiger partial charge in [0.2, 0.25) is 5.91 Å². The van der Waals surface area contributed by atoms with Crippen LogP contribution in [0.4, 0.5) is 0 Å². The first kappa shape index (κ1) is 12.6. The van der Waals surface area contributed by atoms with E-state index in [-0.39, 0.29) is 17.4 Å². The lowest BCUT2D eigenvalue weighted by molar-refractivity contribution is -0.147. The molecule has 1 amide bonds. The number of rotatable bonds is 3. The number of carbonyl (C=O) groups excluding carboxylic acids is 1. The molecule has 1 atom stereocenters. The molecule has 2 heterocycles. The van der Waals surface area contributed by atoms with Crippen LogP contribution in [0.25, 0.3) is 0 Å². The summed E-state index contributed by atoms with van der Waals surface area (Å²) in [6, 6.07) is 4.21. The maximum atomic E-state index is 12.8. The molecule has 1 unspecified atom stereocenters. The molecule has 2 aliphatic rings. The molecular weight excluding hydrogens is 238 g/mol. The molecule has 0 radical (unpaired) electrons. The highest BCUT2D eigenvalue weighted by atomic mass is 16.2. The van der Waals surface area contributed by atoms with Crippen molar-refractivity contribution < 1.29 is 4.79 Å². The number of carbonyl (C=O) groups is 1. The summed E-state index contributed by atoms with van der Waals surface area (Å²) < 4.78 is 0. The third-order valence-corrected chi connectivity index (χ3v) is 4.74. The molecule has 1 saturated carbocycles. The first-order valence-corrected chi connectivity index (χ1v) is 7.18. The van der Waals surface area contributed by atoms with Gasteiger partial charge in [0.05, 0.1) is 11.5 Å². The molecule has 1 saturated heterocycles. The monoisotopic (exact) mass is 259 g/mol. The number of nitrogens with zero attached hydrogens (tertiary/aromatic N) is 2. The van der Waals surface area contributed by atoms with Gasteiger partial charge in [0.25, 0.3) is 0 Å². The van der Waals surface area contributed by atoms with Gasteiger partial charge in [-0.15, -0.1) is 0 Å². The molecule has 102 valence electrons. The summed E-state index contributed by atoms with van der Waals surface area (Å²) >= 11 is 0. The van der Waals surface area contributed by atoms with E-state index in [1.807, 2.05) is 17.2 Å². The van der Waals surface area contributed by atoms with Crippen molar-refractivity contribution in [3.05, 3.63) is 30.1 Å². The maximum absolute atomic E-state index is 12.8. The van der Waals surface area contributed by atoms with E-state index in [2.05, 4.69) is 11.1 Å². The van der Waals surface area contributed by atoms with Gasteiger partial charge in [-0.3, -0.25) is 9.78 Å². The molecule has 3 rings (SSSR count). The topological polar surface area (TPSA) is 59.2 Å². The molecular formula is C15H21N3O. The summed E-state index contributed by atoms with van der Waals surface area (Å²) in [5.41, 5.74) is 6.76. The van der Waals surface area contributed by atoms with E-state index in [4.69, 9.17) is 5.73 Å². The Morgan fingerprint density at radius 2 is 2.32 bits per heavy atom. The lowest BCUT2D eigenvalue weighted by Gasteiger charge is -2.43. The molecule has 2 N–H and O–H groups in total. The summed E-state index contributed by atoms with van der Waals surface area (Å²) in [6.45, 7) is 1.35. The second-order valence-electron chi connectivity index (χ2n) is 5.78. The van der Waals surface area contributed by atoms with Crippen molar-refractivity contribution in [2.75, 3.05) is 13.1 Å². The van der Waals surface area contributed by atoms with Crippen LogP contribution in [0.5, 0.6) is 0 Å². The molecule has 2 fully saturated rings. The van der Waals surface area contributed by atoms with Crippen LogP contribution in [0.3, 0.4) is 0 Å². The summed E-state index contributed by atoms with van der Waals surface area (Å²) in [7, 11) is 0. The average Bonchev–Trinajstić information content (AvgIpc) is 2.88. The Morgan fingerprint density at radius 3 is 2.89 bits per heavy atom. The summed E-state index contributed by atoms with van der Waals surface area (Å²) in [5.74, 6) is 0.271. The fourth-order valence-electron chi connectivity index (χ4n) is 3.34. The van der Waals surface area contributed by atoms with Crippen LogP contribution >= 0.6 is 0 Å². The van der Waals surface area contributed by atoms with Crippen molar-refractivity contribution in [2.24, 2.45) is 11.1 Å². The Bertz CT molecular complexity index is 450. The van der Waals surface area contributed by atoms with Crippen molar-refractivity contribution in [2.45, 2.75) is 38.1 Å². The van der Waals surface area contributed by atoms with E-state index in [0.717, 1.165) is 44.2 Å². The van der Waals surface area contributed by atoms with E-state index < -0.39 is 0 Å². The van der Waals surface area contributed by atoms with Gasteiger partial charge in [0, 0.05) is 25.5 Å². The van der Waals surface area contributed by atoms with Crippen LogP contribution in [0, 0.1) is 5.41 Å². The van der Waals surface area contributed by atoms with Crippen molar-refractivity contribution >= 4 is 5.91 Å². The summed E-state index contributed by atoms with van der Waals surface area (Å²) in [4.78, 5) is 19.0. The number of hydrogen-bond donors (Lipinski definition) is 1. The van der Waals surface area contributed by atoms with Crippen molar-refractivity contribution in [1.82, 2.24) is 9.88 Å². The zero-order chi connectivity index (χ0) is 13.3. The third-order valence-electron chi connectivity index (χ3n) is 4.74. The minimum atomic E-state index is -0.259. The fraction of sp³-hybridized carbons (Fsp3) is 0.600. The Morgan fingerprint density at radius 1 is 1.47 bits per heavy atom. The van der Waals surface area contributed by atoms with Crippen LogP contribution in [0.2, 0.25) is 0 Å². The van der Waals surface area contributed by atoms with Gasteiger partial charge >= 0.3 is 0 Å². The molecule has 1 aliphatic heterocycles. The molecule has 0 aromatic carbocycles. The number of aromatic nitrogens is 1. The fourth-order valence-corrected chi connectivity index (χ4v) is 3.34. The molecule has 1 aromatic heterocycles. The van der Waals surface area contributed by atoms with E-state index in [0.29, 0.717) is 6.54 Å².